The normalized spacial score (nSPS) is 12.1. The van der Waals surface area contributed by atoms with Crippen LogP contribution in [-0.2, 0) is 4.79 Å². The van der Waals surface area contributed by atoms with Crippen LogP contribution in [0.1, 0.15) is 13.3 Å². The molecule has 5 nitrogen and oxygen atoms in total. The molecule has 1 aromatic heterocycles. The third kappa shape index (κ3) is 3.66. The van der Waals surface area contributed by atoms with E-state index in [1.807, 2.05) is 31.2 Å². The summed E-state index contributed by atoms with van der Waals surface area (Å²) in [4.78, 5) is 15.6. The van der Waals surface area contributed by atoms with E-state index in [0.717, 1.165) is 11.3 Å². The lowest BCUT2D eigenvalue weighted by atomic mass is 10.1. The first kappa shape index (κ1) is 13.3. The summed E-state index contributed by atoms with van der Waals surface area (Å²) in [6.45, 7) is 2.45. The fourth-order valence-corrected chi connectivity index (χ4v) is 1.72. The number of benzene rings is 1. The van der Waals surface area contributed by atoms with E-state index in [1.54, 1.807) is 6.20 Å². The fourth-order valence-electron chi connectivity index (χ4n) is 1.72. The molecule has 1 aromatic carbocycles. The third-order valence-corrected chi connectivity index (χ3v) is 2.80. The first-order chi connectivity index (χ1) is 9.19. The van der Waals surface area contributed by atoms with Crippen LogP contribution in [0, 0.1) is 5.92 Å². The van der Waals surface area contributed by atoms with E-state index in [9.17, 15) is 4.79 Å². The molecule has 3 N–H and O–H groups in total. The number of amides is 1. The Hall–Kier alpha value is -2.14. The number of carbonyl (C=O) groups is 1. The lowest BCUT2D eigenvalue weighted by Gasteiger charge is -2.09. The SMILES string of the molecule is CC(CN)CC(=O)Nc1cccc(-c2cnco2)c1. The Bertz CT molecular complexity index is 537. The standard InChI is InChI=1S/C14H17N3O2/c1-10(7-15)5-14(18)17-12-4-2-3-11(6-12)13-8-16-9-19-13/h2-4,6,8-10H,5,7,15H2,1H3,(H,17,18). The molecule has 19 heavy (non-hydrogen) atoms. The molecular weight excluding hydrogens is 242 g/mol. The van der Waals surface area contributed by atoms with Crippen LogP contribution in [0.5, 0.6) is 0 Å². The number of hydrogen-bond acceptors (Lipinski definition) is 4. The monoisotopic (exact) mass is 259 g/mol. The molecule has 5 heteroatoms. The zero-order chi connectivity index (χ0) is 13.7. The van der Waals surface area contributed by atoms with Gasteiger partial charge in [-0.05, 0) is 24.6 Å². The van der Waals surface area contributed by atoms with Gasteiger partial charge in [-0.1, -0.05) is 19.1 Å². The minimum atomic E-state index is -0.0346. The predicted molar refractivity (Wildman–Crippen MR) is 73.4 cm³/mol. The van der Waals surface area contributed by atoms with Gasteiger partial charge < -0.3 is 15.5 Å². The minimum Gasteiger partial charge on any atom is -0.444 e. The van der Waals surface area contributed by atoms with Crippen LogP contribution in [0.15, 0.2) is 41.3 Å². The van der Waals surface area contributed by atoms with E-state index in [-0.39, 0.29) is 11.8 Å². The maximum absolute atomic E-state index is 11.8. The van der Waals surface area contributed by atoms with Crippen molar-refractivity contribution in [1.29, 1.82) is 0 Å². The summed E-state index contributed by atoms with van der Waals surface area (Å²) >= 11 is 0. The number of anilines is 1. The number of aromatic nitrogens is 1. The van der Waals surface area contributed by atoms with Gasteiger partial charge in [-0.3, -0.25) is 4.79 Å². The topological polar surface area (TPSA) is 81.2 Å². The maximum atomic E-state index is 11.8. The van der Waals surface area contributed by atoms with Gasteiger partial charge >= 0.3 is 0 Å². The number of nitrogens with one attached hydrogen (secondary N) is 1. The Kier molecular flexibility index (Phi) is 4.30. The molecule has 2 rings (SSSR count). The van der Waals surface area contributed by atoms with Crippen LogP contribution in [0.3, 0.4) is 0 Å². The van der Waals surface area contributed by atoms with Crippen LogP contribution < -0.4 is 11.1 Å². The van der Waals surface area contributed by atoms with Crippen molar-refractivity contribution < 1.29 is 9.21 Å². The molecule has 0 aliphatic heterocycles. The molecule has 0 aliphatic rings. The molecule has 0 bridgehead atoms. The van der Waals surface area contributed by atoms with Crippen LogP contribution in [-0.4, -0.2) is 17.4 Å². The zero-order valence-corrected chi connectivity index (χ0v) is 10.8. The smallest absolute Gasteiger partial charge is 0.224 e. The van der Waals surface area contributed by atoms with Crippen LogP contribution in [0.25, 0.3) is 11.3 Å². The van der Waals surface area contributed by atoms with E-state index >= 15 is 0 Å². The second kappa shape index (κ2) is 6.15. The largest absolute Gasteiger partial charge is 0.444 e. The Morgan fingerprint density at radius 2 is 2.37 bits per heavy atom. The van der Waals surface area contributed by atoms with E-state index in [0.29, 0.717) is 18.7 Å². The van der Waals surface area contributed by atoms with Crippen molar-refractivity contribution in [3.05, 3.63) is 36.9 Å². The molecule has 1 heterocycles. The third-order valence-electron chi connectivity index (χ3n) is 2.80. The van der Waals surface area contributed by atoms with Gasteiger partial charge in [0.25, 0.3) is 0 Å². The number of hydrogen-bond donors (Lipinski definition) is 2. The van der Waals surface area contributed by atoms with Gasteiger partial charge in [-0.15, -0.1) is 0 Å². The maximum Gasteiger partial charge on any atom is 0.224 e. The molecular formula is C14H17N3O2. The number of nitrogens with zero attached hydrogens (tertiary/aromatic N) is 1. The number of rotatable bonds is 5. The van der Waals surface area contributed by atoms with E-state index in [1.165, 1.54) is 6.39 Å². The van der Waals surface area contributed by atoms with E-state index in [4.69, 9.17) is 10.2 Å². The number of oxazole rings is 1. The Labute approximate surface area is 111 Å². The van der Waals surface area contributed by atoms with Crippen molar-refractivity contribution >= 4 is 11.6 Å². The van der Waals surface area contributed by atoms with Crippen molar-refractivity contribution in [2.45, 2.75) is 13.3 Å². The zero-order valence-electron chi connectivity index (χ0n) is 10.8. The number of nitrogens with two attached hydrogens (primary N) is 1. The van der Waals surface area contributed by atoms with Gasteiger partial charge in [-0.2, -0.15) is 0 Å². The lowest BCUT2D eigenvalue weighted by Crippen LogP contribution is -2.20. The minimum absolute atomic E-state index is 0.0346. The Morgan fingerprint density at radius 3 is 3.05 bits per heavy atom. The fraction of sp³-hybridized carbons (Fsp3) is 0.286. The van der Waals surface area contributed by atoms with Crippen LogP contribution in [0.4, 0.5) is 5.69 Å². The molecule has 0 saturated carbocycles. The highest BCUT2D eigenvalue weighted by atomic mass is 16.3. The lowest BCUT2D eigenvalue weighted by molar-refractivity contribution is -0.116. The van der Waals surface area contributed by atoms with Gasteiger partial charge in [-0.25, -0.2) is 4.98 Å². The average molecular weight is 259 g/mol. The Morgan fingerprint density at radius 1 is 1.53 bits per heavy atom. The van der Waals surface area contributed by atoms with Gasteiger partial charge in [0.05, 0.1) is 6.20 Å². The molecule has 100 valence electrons. The first-order valence-electron chi connectivity index (χ1n) is 6.18. The van der Waals surface area contributed by atoms with Crippen molar-refractivity contribution in [3.63, 3.8) is 0 Å². The summed E-state index contributed by atoms with van der Waals surface area (Å²) in [6, 6.07) is 7.45. The van der Waals surface area contributed by atoms with E-state index in [2.05, 4.69) is 10.3 Å². The summed E-state index contributed by atoms with van der Waals surface area (Å²) in [6.07, 6.45) is 3.43. The summed E-state index contributed by atoms with van der Waals surface area (Å²) in [7, 11) is 0. The predicted octanol–water partition coefficient (Wildman–Crippen LogP) is 2.26. The molecule has 1 atom stereocenters. The average Bonchev–Trinajstić information content (AvgIpc) is 2.92. The first-order valence-corrected chi connectivity index (χ1v) is 6.18. The molecule has 2 aromatic rings. The van der Waals surface area contributed by atoms with Gasteiger partial charge in [0.1, 0.15) is 0 Å². The van der Waals surface area contributed by atoms with Crippen molar-refractivity contribution in [1.82, 2.24) is 4.98 Å². The van der Waals surface area contributed by atoms with Gasteiger partial charge in [0.2, 0.25) is 5.91 Å². The highest BCUT2D eigenvalue weighted by molar-refractivity contribution is 5.91. The van der Waals surface area contributed by atoms with Crippen LogP contribution in [0.2, 0.25) is 0 Å². The Balaban J connectivity index is 2.05. The highest BCUT2D eigenvalue weighted by Crippen LogP contribution is 2.22. The van der Waals surface area contributed by atoms with Gasteiger partial charge in [0.15, 0.2) is 12.2 Å². The second-order valence-corrected chi connectivity index (χ2v) is 4.54. The highest BCUT2D eigenvalue weighted by Gasteiger charge is 2.09. The quantitative estimate of drug-likeness (QED) is 0.863. The molecule has 1 amide bonds. The second-order valence-electron chi connectivity index (χ2n) is 4.54. The van der Waals surface area contributed by atoms with Crippen molar-refractivity contribution in [2.75, 3.05) is 11.9 Å². The molecule has 0 aliphatic carbocycles. The molecule has 0 fully saturated rings. The molecule has 0 saturated heterocycles. The van der Waals surface area contributed by atoms with Crippen molar-refractivity contribution in [2.24, 2.45) is 11.7 Å². The molecule has 0 radical (unpaired) electrons. The van der Waals surface area contributed by atoms with E-state index < -0.39 is 0 Å². The van der Waals surface area contributed by atoms with Crippen molar-refractivity contribution in [3.8, 4) is 11.3 Å². The summed E-state index contributed by atoms with van der Waals surface area (Å²) in [5.74, 6) is 0.816. The van der Waals surface area contributed by atoms with Crippen LogP contribution >= 0.6 is 0 Å². The molecule has 1 unspecified atom stereocenters. The number of carbonyl (C=O) groups excluding carboxylic acids is 1. The summed E-state index contributed by atoms with van der Waals surface area (Å²) in [5.41, 5.74) is 7.12. The van der Waals surface area contributed by atoms with Gasteiger partial charge in [0, 0.05) is 17.7 Å². The summed E-state index contributed by atoms with van der Waals surface area (Å²) in [5, 5.41) is 2.85. The molecule has 0 spiro atoms. The summed E-state index contributed by atoms with van der Waals surface area (Å²) < 4.78 is 5.22.